The van der Waals surface area contributed by atoms with Gasteiger partial charge in [-0.2, -0.15) is 0 Å². The molecule has 0 amide bonds. The monoisotopic (exact) mass is 300 g/mol. The van der Waals surface area contributed by atoms with Crippen molar-refractivity contribution in [3.8, 4) is 0 Å². The van der Waals surface area contributed by atoms with Crippen molar-refractivity contribution in [3.63, 3.8) is 0 Å². The Kier molecular flexibility index (Phi) is 5.31. The lowest BCUT2D eigenvalue weighted by molar-refractivity contribution is 0.586. The first-order valence-electron chi connectivity index (χ1n) is 6.06. The second kappa shape index (κ2) is 6.34. The molecule has 0 unspecified atom stereocenters. The van der Waals surface area contributed by atoms with E-state index in [0.717, 1.165) is 11.3 Å². The summed E-state index contributed by atoms with van der Waals surface area (Å²) < 4.78 is 23.5. The maximum absolute atomic E-state index is 11.7. The summed E-state index contributed by atoms with van der Waals surface area (Å²) in [7, 11) is -1.14. The highest BCUT2D eigenvalue weighted by Gasteiger charge is 2.16. The highest BCUT2D eigenvalue weighted by atomic mass is 32.2. The van der Waals surface area contributed by atoms with Gasteiger partial charge < -0.3 is 10.6 Å². The van der Waals surface area contributed by atoms with Crippen molar-refractivity contribution in [3.05, 3.63) is 29.8 Å². The van der Waals surface area contributed by atoms with Crippen LogP contribution < -0.4 is 10.6 Å². The van der Waals surface area contributed by atoms with Gasteiger partial charge in [0, 0.05) is 24.8 Å². The SMILES string of the molecule is CC(C)S(=O)(=O)CCN(C)c1ccc(C(N)=S)cc1. The molecule has 1 aromatic rings. The molecule has 19 heavy (non-hydrogen) atoms. The van der Waals surface area contributed by atoms with Gasteiger partial charge in [0.15, 0.2) is 9.84 Å². The predicted molar refractivity (Wildman–Crippen MR) is 84.5 cm³/mol. The molecule has 0 fully saturated rings. The predicted octanol–water partition coefficient (Wildman–Crippen LogP) is 1.58. The Morgan fingerprint density at radius 2 is 1.84 bits per heavy atom. The lowest BCUT2D eigenvalue weighted by Gasteiger charge is -2.20. The van der Waals surface area contributed by atoms with Gasteiger partial charge >= 0.3 is 0 Å². The Balaban J connectivity index is 2.69. The van der Waals surface area contributed by atoms with Crippen molar-refractivity contribution in [2.24, 2.45) is 5.73 Å². The van der Waals surface area contributed by atoms with Crippen LogP contribution in [0.1, 0.15) is 19.4 Å². The average Bonchev–Trinajstić information content (AvgIpc) is 2.36. The van der Waals surface area contributed by atoms with E-state index in [2.05, 4.69) is 0 Å². The topological polar surface area (TPSA) is 63.4 Å². The molecule has 0 aliphatic carbocycles. The number of thiocarbonyl (C=S) groups is 1. The molecule has 0 aliphatic heterocycles. The smallest absolute Gasteiger partial charge is 0.154 e. The molecule has 0 aliphatic rings. The lowest BCUT2D eigenvalue weighted by Crippen LogP contribution is -2.28. The van der Waals surface area contributed by atoms with Gasteiger partial charge in [-0.3, -0.25) is 0 Å². The Hall–Kier alpha value is -1.14. The number of hydrogen-bond donors (Lipinski definition) is 1. The number of anilines is 1. The third-order valence-corrected chi connectivity index (χ3v) is 5.45. The van der Waals surface area contributed by atoms with Crippen molar-refractivity contribution < 1.29 is 8.42 Å². The Morgan fingerprint density at radius 1 is 1.32 bits per heavy atom. The molecule has 6 heteroatoms. The third-order valence-electron chi connectivity index (χ3n) is 3.02. The molecule has 4 nitrogen and oxygen atoms in total. The molecule has 0 aromatic heterocycles. The Bertz CT molecular complexity index is 536. The molecule has 1 rings (SSSR count). The second-order valence-corrected chi connectivity index (χ2v) is 7.87. The Morgan fingerprint density at radius 3 is 2.26 bits per heavy atom. The zero-order valence-corrected chi connectivity index (χ0v) is 13.1. The molecular formula is C13H20N2O2S2. The molecule has 0 radical (unpaired) electrons. The largest absolute Gasteiger partial charge is 0.389 e. The van der Waals surface area contributed by atoms with E-state index in [1.54, 1.807) is 13.8 Å². The normalized spacial score (nSPS) is 11.6. The van der Waals surface area contributed by atoms with E-state index in [0.29, 0.717) is 11.5 Å². The van der Waals surface area contributed by atoms with Crippen LogP contribution in [0, 0.1) is 0 Å². The molecule has 0 heterocycles. The first-order valence-corrected chi connectivity index (χ1v) is 8.19. The number of nitrogens with zero attached hydrogens (tertiary/aromatic N) is 1. The van der Waals surface area contributed by atoms with E-state index in [9.17, 15) is 8.42 Å². The first-order chi connectivity index (χ1) is 8.74. The number of sulfone groups is 1. The van der Waals surface area contributed by atoms with Crippen LogP contribution in [0.25, 0.3) is 0 Å². The van der Waals surface area contributed by atoms with Gasteiger partial charge in [0.05, 0.1) is 11.0 Å². The summed E-state index contributed by atoms with van der Waals surface area (Å²) in [5.74, 6) is 0.151. The van der Waals surface area contributed by atoms with Gasteiger partial charge in [0.2, 0.25) is 0 Å². The molecule has 0 spiro atoms. The van der Waals surface area contributed by atoms with Crippen LogP contribution in [0.5, 0.6) is 0 Å². The second-order valence-electron chi connectivity index (χ2n) is 4.75. The van der Waals surface area contributed by atoms with Crippen LogP contribution in [0.15, 0.2) is 24.3 Å². The molecule has 2 N–H and O–H groups in total. The fourth-order valence-corrected chi connectivity index (χ4v) is 2.64. The Labute approximate surface area is 120 Å². The van der Waals surface area contributed by atoms with E-state index >= 15 is 0 Å². The van der Waals surface area contributed by atoms with Gasteiger partial charge in [-0.1, -0.05) is 12.2 Å². The standard InChI is InChI=1S/C13H20N2O2S2/c1-10(2)19(16,17)9-8-15(3)12-6-4-11(5-7-12)13(14)18/h4-7,10H,8-9H2,1-3H3,(H2,14,18). The van der Waals surface area contributed by atoms with Crippen molar-refractivity contribution in [1.82, 2.24) is 0 Å². The molecule has 1 aromatic carbocycles. The highest BCUT2D eigenvalue weighted by molar-refractivity contribution is 7.92. The summed E-state index contributed by atoms with van der Waals surface area (Å²) in [4.78, 5) is 2.26. The lowest BCUT2D eigenvalue weighted by atomic mass is 10.2. The minimum atomic E-state index is -3.01. The van der Waals surface area contributed by atoms with Crippen LogP contribution >= 0.6 is 12.2 Å². The minimum absolute atomic E-state index is 0.151. The van der Waals surface area contributed by atoms with E-state index < -0.39 is 9.84 Å². The molecule has 106 valence electrons. The third kappa shape index (κ3) is 4.47. The van der Waals surface area contributed by atoms with Gasteiger partial charge in [0.1, 0.15) is 4.99 Å². The minimum Gasteiger partial charge on any atom is -0.389 e. The van der Waals surface area contributed by atoms with Crippen molar-refractivity contribution in [2.75, 3.05) is 24.2 Å². The van der Waals surface area contributed by atoms with Crippen molar-refractivity contribution in [2.45, 2.75) is 19.1 Å². The van der Waals surface area contributed by atoms with E-state index in [4.69, 9.17) is 18.0 Å². The first kappa shape index (κ1) is 15.9. The van der Waals surface area contributed by atoms with Gasteiger partial charge in [0.25, 0.3) is 0 Å². The van der Waals surface area contributed by atoms with E-state index in [1.807, 2.05) is 36.2 Å². The summed E-state index contributed by atoms with van der Waals surface area (Å²) >= 11 is 4.88. The summed E-state index contributed by atoms with van der Waals surface area (Å²) in [5.41, 5.74) is 7.28. The zero-order valence-electron chi connectivity index (χ0n) is 11.5. The molecule has 0 atom stereocenters. The van der Waals surface area contributed by atoms with Crippen LogP contribution in [-0.2, 0) is 9.84 Å². The highest BCUT2D eigenvalue weighted by Crippen LogP contribution is 2.14. The van der Waals surface area contributed by atoms with Crippen molar-refractivity contribution >= 4 is 32.7 Å². The summed E-state index contributed by atoms with van der Waals surface area (Å²) in [6.07, 6.45) is 0. The number of hydrogen-bond acceptors (Lipinski definition) is 4. The fourth-order valence-electron chi connectivity index (χ4n) is 1.51. The maximum atomic E-state index is 11.7. The molecule has 0 saturated heterocycles. The average molecular weight is 300 g/mol. The van der Waals surface area contributed by atoms with Crippen LogP contribution in [-0.4, -0.2) is 38.0 Å². The number of benzene rings is 1. The summed E-state index contributed by atoms with van der Waals surface area (Å²) in [6, 6.07) is 7.45. The van der Waals surface area contributed by atoms with Crippen LogP contribution in [0.4, 0.5) is 5.69 Å². The molecule has 0 bridgehead atoms. The van der Waals surface area contributed by atoms with Gasteiger partial charge in [-0.05, 0) is 38.1 Å². The van der Waals surface area contributed by atoms with E-state index in [-0.39, 0.29) is 11.0 Å². The maximum Gasteiger partial charge on any atom is 0.154 e. The van der Waals surface area contributed by atoms with E-state index in [1.165, 1.54) is 0 Å². The fraction of sp³-hybridized carbons (Fsp3) is 0.462. The van der Waals surface area contributed by atoms with Crippen LogP contribution in [0.3, 0.4) is 0 Å². The summed E-state index contributed by atoms with van der Waals surface area (Å²) in [5, 5.41) is -0.335. The number of rotatable bonds is 6. The van der Waals surface area contributed by atoms with Crippen LogP contribution in [0.2, 0.25) is 0 Å². The zero-order chi connectivity index (χ0) is 14.6. The van der Waals surface area contributed by atoms with Gasteiger partial charge in [-0.15, -0.1) is 0 Å². The summed E-state index contributed by atoms with van der Waals surface area (Å²) in [6.45, 7) is 3.87. The molecule has 0 saturated carbocycles. The number of nitrogens with two attached hydrogens (primary N) is 1. The molecular weight excluding hydrogens is 280 g/mol. The van der Waals surface area contributed by atoms with Crippen molar-refractivity contribution in [1.29, 1.82) is 0 Å². The quantitative estimate of drug-likeness (QED) is 0.808. The van der Waals surface area contributed by atoms with Gasteiger partial charge in [-0.25, -0.2) is 8.42 Å².